The van der Waals surface area contributed by atoms with E-state index >= 15 is 0 Å². The average Bonchev–Trinajstić information content (AvgIpc) is 2.47. The second kappa shape index (κ2) is 3.89. The van der Waals surface area contributed by atoms with E-state index in [4.69, 9.17) is 0 Å². The second-order valence-electron chi connectivity index (χ2n) is 4.07. The minimum atomic E-state index is 0.174. The molecular weight excluding hydrogens is 206 g/mol. The van der Waals surface area contributed by atoms with Gasteiger partial charge in [-0.2, -0.15) is 0 Å². The number of aryl methyl sites for hydroxylation is 1. The van der Waals surface area contributed by atoms with Crippen LogP contribution in [0.25, 0.3) is 0 Å². The summed E-state index contributed by atoms with van der Waals surface area (Å²) in [4.78, 5) is 13.3. The number of thioether (sulfide) groups is 1. The largest absolute Gasteiger partial charge is 0.332 e. The number of nitrogens with zero attached hydrogens (tertiary/aromatic N) is 1. The van der Waals surface area contributed by atoms with Crippen molar-refractivity contribution in [2.75, 3.05) is 7.05 Å². The molecule has 3 heteroatoms. The highest BCUT2D eigenvalue weighted by Gasteiger charge is 2.35. The molecule has 1 aromatic carbocycles. The zero-order chi connectivity index (χ0) is 11.0. The molecule has 1 amide bonds. The predicted molar refractivity (Wildman–Crippen MR) is 64.1 cm³/mol. The average molecular weight is 221 g/mol. The molecule has 2 nitrogen and oxygen atoms in total. The van der Waals surface area contributed by atoms with Crippen molar-refractivity contribution >= 4 is 17.0 Å². The van der Waals surface area contributed by atoms with Crippen molar-refractivity contribution in [3.8, 4) is 0 Å². The first-order valence-electron chi connectivity index (χ1n) is 5.09. The lowest BCUT2D eigenvalue weighted by atomic mass is 10.0. The highest BCUT2D eigenvalue weighted by molar-refractivity contribution is 8.14. The van der Waals surface area contributed by atoms with Gasteiger partial charge in [-0.3, -0.25) is 4.79 Å². The molecule has 1 aliphatic rings. The van der Waals surface area contributed by atoms with E-state index in [-0.39, 0.29) is 16.5 Å². The first-order chi connectivity index (χ1) is 7.09. The van der Waals surface area contributed by atoms with Crippen LogP contribution >= 0.6 is 11.8 Å². The smallest absolute Gasteiger partial charge is 0.282 e. The molecule has 15 heavy (non-hydrogen) atoms. The van der Waals surface area contributed by atoms with Crippen LogP contribution in [-0.2, 0) is 0 Å². The second-order valence-corrected chi connectivity index (χ2v) is 5.16. The highest BCUT2D eigenvalue weighted by Crippen LogP contribution is 2.42. The lowest BCUT2D eigenvalue weighted by Crippen LogP contribution is -2.27. The van der Waals surface area contributed by atoms with E-state index in [1.807, 2.05) is 11.9 Å². The molecule has 0 N–H and O–H groups in total. The Morgan fingerprint density at radius 1 is 1.27 bits per heavy atom. The number of rotatable bonds is 1. The summed E-state index contributed by atoms with van der Waals surface area (Å²) in [6, 6.07) is 8.73. The molecule has 1 heterocycles. The Hall–Kier alpha value is -0.960. The molecule has 0 aliphatic carbocycles. The van der Waals surface area contributed by atoms with Crippen LogP contribution in [0.1, 0.15) is 23.3 Å². The Balaban J connectivity index is 2.25. The Morgan fingerprint density at radius 2 is 1.87 bits per heavy atom. The maximum absolute atomic E-state index is 11.5. The molecule has 80 valence electrons. The molecule has 1 saturated heterocycles. The molecule has 0 radical (unpaired) electrons. The van der Waals surface area contributed by atoms with Crippen LogP contribution in [0, 0.1) is 6.92 Å². The summed E-state index contributed by atoms with van der Waals surface area (Å²) in [7, 11) is 1.87. The van der Waals surface area contributed by atoms with Crippen LogP contribution in [-0.4, -0.2) is 23.2 Å². The van der Waals surface area contributed by atoms with Crippen molar-refractivity contribution < 1.29 is 4.79 Å². The van der Waals surface area contributed by atoms with E-state index < -0.39 is 0 Å². The quantitative estimate of drug-likeness (QED) is 0.725. The molecule has 2 unspecified atom stereocenters. The van der Waals surface area contributed by atoms with Crippen LogP contribution in [0.3, 0.4) is 0 Å². The maximum Gasteiger partial charge on any atom is 0.282 e. The zero-order valence-corrected chi connectivity index (χ0v) is 10.0. The Morgan fingerprint density at radius 3 is 2.33 bits per heavy atom. The maximum atomic E-state index is 11.5. The molecule has 1 aliphatic heterocycles. The van der Waals surface area contributed by atoms with Gasteiger partial charge in [-0.15, -0.1) is 0 Å². The van der Waals surface area contributed by atoms with Gasteiger partial charge in [-0.1, -0.05) is 41.6 Å². The number of amides is 1. The van der Waals surface area contributed by atoms with Crippen LogP contribution in [0.2, 0.25) is 0 Å². The first-order valence-corrected chi connectivity index (χ1v) is 5.97. The zero-order valence-electron chi connectivity index (χ0n) is 9.23. The Labute approximate surface area is 94.7 Å². The van der Waals surface area contributed by atoms with Gasteiger partial charge in [0.1, 0.15) is 0 Å². The summed E-state index contributed by atoms with van der Waals surface area (Å²) in [5, 5.41) is 0.455. The SMILES string of the molecule is Cc1ccc(C2SC(=O)N(C)C2C)cc1. The van der Waals surface area contributed by atoms with E-state index in [0.717, 1.165) is 0 Å². The van der Waals surface area contributed by atoms with Gasteiger partial charge in [0.05, 0.1) is 5.25 Å². The van der Waals surface area contributed by atoms with Crippen LogP contribution in [0.15, 0.2) is 24.3 Å². The van der Waals surface area contributed by atoms with Crippen molar-refractivity contribution in [1.29, 1.82) is 0 Å². The summed E-state index contributed by atoms with van der Waals surface area (Å²) in [6.45, 7) is 4.18. The molecule has 0 spiro atoms. The molecule has 0 saturated carbocycles. The van der Waals surface area contributed by atoms with Crippen LogP contribution in [0.5, 0.6) is 0 Å². The number of hydrogen-bond acceptors (Lipinski definition) is 2. The minimum Gasteiger partial charge on any atom is -0.332 e. The summed E-state index contributed by atoms with van der Waals surface area (Å²) in [5.41, 5.74) is 2.50. The molecule has 2 rings (SSSR count). The molecule has 0 bridgehead atoms. The van der Waals surface area contributed by atoms with Crippen molar-refractivity contribution in [2.24, 2.45) is 0 Å². The lowest BCUT2D eigenvalue weighted by Gasteiger charge is -2.19. The van der Waals surface area contributed by atoms with Gasteiger partial charge in [0.25, 0.3) is 5.24 Å². The van der Waals surface area contributed by atoms with Gasteiger partial charge >= 0.3 is 0 Å². The van der Waals surface area contributed by atoms with E-state index in [1.54, 1.807) is 0 Å². The van der Waals surface area contributed by atoms with Gasteiger partial charge in [0, 0.05) is 13.1 Å². The molecule has 1 aromatic rings. The number of benzene rings is 1. The lowest BCUT2D eigenvalue weighted by molar-refractivity contribution is 0.225. The monoisotopic (exact) mass is 221 g/mol. The van der Waals surface area contributed by atoms with Gasteiger partial charge in [-0.25, -0.2) is 0 Å². The number of carbonyl (C=O) groups excluding carboxylic acids is 1. The summed E-state index contributed by atoms with van der Waals surface area (Å²) >= 11 is 1.43. The molecule has 0 aromatic heterocycles. The standard InChI is InChI=1S/C12H15NOS/c1-8-4-6-10(7-5-8)11-9(2)13(3)12(14)15-11/h4-7,9,11H,1-3H3. The third kappa shape index (κ3) is 1.88. The predicted octanol–water partition coefficient (Wildman–Crippen LogP) is 3.22. The summed E-state index contributed by atoms with van der Waals surface area (Å²) in [5.74, 6) is 0. The minimum absolute atomic E-state index is 0.174. The Kier molecular flexibility index (Phi) is 2.74. The first kappa shape index (κ1) is 10.6. The van der Waals surface area contributed by atoms with Crippen molar-refractivity contribution in [3.63, 3.8) is 0 Å². The summed E-state index contributed by atoms with van der Waals surface area (Å²) in [6.07, 6.45) is 0. The summed E-state index contributed by atoms with van der Waals surface area (Å²) < 4.78 is 0. The number of hydrogen-bond donors (Lipinski definition) is 0. The number of carbonyl (C=O) groups is 1. The molecular formula is C12H15NOS. The Bertz CT molecular complexity index is 374. The fourth-order valence-electron chi connectivity index (χ4n) is 1.76. The van der Waals surface area contributed by atoms with Gasteiger partial charge in [-0.05, 0) is 19.4 Å². The fourth-order valence-corrected chi connectivity index (χ4v) is 2.98. The normalized spacial score (nSPS) is 26.1. The van der Waals surface area contributed by atoms with Gasteiger partial charge in [0.2, 0.25) is 0 Å². The third-order valence-electron chi connectivity index (χ3n) is 2.97. The van der Waals surface area contributed by atoms with E-state index in [2.05, 4.69) is 38.1 Å². The van der Waals surface area contributed by atoms with E-state index in [0.29, 0.717) is 0 Å². The highest BCUT2D eigenvalue weighted by atomic mass is 32.2. The van der Waals surface area contributed by atoms with Crippen molar-refractivity contribution in [3.05, 3.63) is 35.4 Å². The van der Waals surface area contributed by atoms with E-state index in [1.165, 1.54) is 22.9 Å². The molecule has 2 atom stereocenters. The number of likely N-dealkylation sites (N-methyl/N-ethyl adjacent to an activating group) is 1. The van der Waals surface area contributed by atoms with Crippen LogP contribution in [0.4, 0.5) is 4.79 Å². The topological polar surface area (TPSA) is 20.3 Å². The van der Waals surface area contributed by atoms with Crippen molar-refractivity contribution in [1.82, 2.24) is 4.90 Å². The third-order valence-corrected chi connectivity index (χ3v) is 4.38. The van der Waals surface area contributed by atoms with Crippen molar-refractivity contribution in [2.45, 2.75) is 25.1 Å². The van der Waals surface area contributed by atoms with E-state index in [9.17, 15) is 4.79 Å². The molecule has 1 fully saturated rings. The fraction of sp³-hybridized carbons (Fsp3) is 0.417. The van der Waals surface area contributed by atoms with Gasteiger partial charge in [0.15, 0.2) is 0 Å². The van der Waals surface area contributed by atoms with Gasteiger partial charge < -0.3 is 4.90 Å². The van der Waals surface area contributed by atoms with Crippen LogP contribution < -0.4 is 0 Å².